The molecule has 6 heteroatoms. The first-order valence-corrected chi connectivity index (χ1v) is 3.79. The molecular formula is C9H13NO5. The minimum atomic E-state index is -1.26. The summed E-state index contributed by atoms with van der Waals surface area (Å²) in [6.45, 7) is 3.29. The summed E-state index contributed by atoms with van der Waals surface area (Å²) in [5, 5.41) is 15.6. The molecule has 0 heterocycles. The van der Waals surface area contributed by atoms with Gasteiger partial charge >= 0.3 is 11.9 Å². The van der Waals surface area contributed by atoms with Gasteiger partial charge in [0, 0.05) is 26.2 Å². The predicted molar refractivity (Wildman–Crippen MR) is 53.3 cm³/mol. The van der Waals surface area contributed by atoms with Crippen LogP contribution in [-0.4, -0.2) is 47.1 Å². The first-order valence-electron chi connectivity index (χ1n) is 3.79. The molecule has 0 fully saturated rings. The summed E-state index contributed by atoms with van der Waals surface area (Å²) in [4.78, 5) is 30.9. The van der Waals surface area contributed by atoms with Crippen molar-refractivity contribution in [2.45, 2.75) is 0 Å². The Kier molecular flexibility index (Phi) is 8.69. The predicted octanol–water partition coefficient (Wildman–Crippen LogP) is -0.0276. The molecular weight excluding hydrogens is 202 g/mol. The number of amides is 1. The average Bonchev–Trinajstić information content (AvgIpc) is 2.14. The van der Waals surface area contributed by atoms with Crippen LogP contribution in [0, 0.1) is 0 Å². The third-order valence-electron chi connectivity index (χ3n) is 0.984. The SMILES string of the molecule is C=CC(=O)N(C)C.O=C(O)/C=C\C(=O)O. The number of carboxylic acids is 2. The van der Waals surface area contributed by atoms with Crippen molar-refractivity contribution in [3.8, 4) is 0 Å². The molecule has 84 valence electrons. The van der Waals surface area contributed by atoms with Crippen molar-refractivity contribution in [1.82, 2.24) is 4.90 Å². The molecule has 0 aromatic rings. The van der Waals surface area contributed by atoms with Crippen LogP contribution in [0.15, 0.2) is 24.8 Å². The van der Waals surface area contributed by atoms with Crippen LogP contribution in [0.1, 0.15) is 0 Å². The molecule has 0 saturated carbocycles. The van der Waals surface area contributed by atoms with Gasteiger partial charge in [0.25, 0.3) is 0 Å². The Morgan fingerprint density at radius 3 is 1.47 bits per heavy atom. The maximum Gasteiger partial charge on any atom is 0.328 e. The number of rotatable bonds is 3. The largest absolute Gasteiger partial charge is 0.478 e. The fourth-order valence-electron chi connectivity index (χ4n) is 0.325. The van der Waals surface area contributed by atoms with Crippen LogP contribution >= 0.6 is 0 Å². The third kappa shape index (κ3) is 14.7. The molecule has 0 unspecified atom stereocenters. The highest BCUT2D eigenvalue weighted by molar-refractivity contribution is 5.89. The van der Waals surface area contributed by atoms with Crippen LogP contribution in [-0.2, 0) is 14.4 Å². The zero-order valence-corrected chi connectivity index (χ0v) is 8.51. The summed E-state index contributed by atoms with van der Waals surface area (Å²) in [6, 6.07) is 0. The fourth-order valence-corrected chi connectivity index (χ4v) is 0.325. The number of carbonyl (C=O) groups is 3. The van der Waals surface area contributed by atoms with E-state index in [1.165, 1.54) is 11.0 Å². The summed E-state index contributed by atoms with van der Waals surface area (Å²) in [6.07, 6.45) is 2.39. The molecule has 0 rings (SSSR count). The maximum absolute atomic E-state index is 10.3. The highest BCUT2D eigenvalue weighted by Crippen LogP contribution is 1.75. The zero-order chi connectivity index (χ0) is 12.4. The number of carbonyl (C=O) groups excluding carboxylic acids is 1. The second-order valence-corrected chi connectivity index (χ2v) is 2.45. The Balaban J connectivity index is 0. The van der Waals surface area contributed by atoms with Gasteiger partial charge in [-0.05, 0) is 6.08 Å². The van der Waals surface area contributed by atoms with Crippen LogP contribution in [0.4, 0.5) is 0 Å². The number of hydrogen-bond acceptors (Lipinski definition) is 3. The van der Waals surface area contributed by atoms with E-state index >= 15 is 0 Å². The lowest BCUT2D eigenvalue weighted by atomic mass is 10.5. The van der Waals surface area contributed by atoms with Crippen LogP contribution in [0.25, 0.3) is 0 Å². The number of carboxylic acid groups (broad SMARTS) is 2. The first kappa shape index (κ1) is 15.4. The van der Waals surface area contributed by atoms with Crippen molar-refractivity contribution < 1.29 is 24.6 Å². The van der Waals surface area contributed by atoms with Crippen LogP contribution in [0.2, 0.25) is 0 Å². The molecule has 0 radical (unpaired) electrons. The number of nitrogens with zero attached hydrogens (tertiary/aromatic N) is 1. The van der Waals surface area contributed by atoms with Gasteiger partial charge in [0.1, 0.15) is 0 Å². The minimum Gasteiger partial charge on any atom is -0.478 e. The van der Waals surface area contributed by atoms with E-state index in [2.05, 4.69) is 6.58 Å². The third-order valence-corrected chi connectivity index (χ3v) is 0.984. The summed E-state index contributed by atoms with van der Waals surface area (Å²) in [5.74, 6) is -2.57. The Hall–Kier alpha value is -2.11. The molecule has 15 heavy (non-hydrogen) atoms. The highest BCUT2D eigenvalue weighted by atomic mass is 16.4. The molecule has 0 aliphatic heterocycles. The molecule has 0 bridgehead atoms. The van der Waals surface area contributed by atoms with E-state index in [0.29, 0.717) is 12.2 Å². The van der Waals surface area contributed by atoms with Crippen molar-refractivity contribution in [3.63, 3.8) is 0 Å². The molecule has 0 spiro atoms. The van der Waals surface area contributed by atoms with E-state index in [4.69, 9.17) is 10.2 Å². The van der Waals surface area contributed by atoms with Crippen molar-refractivity contribution in [2.75, 3.05) is 14.1 Å². The van der Waals surface area contributed by atoms with Gasteiger partial charge in [0.05, 0.1) is 0 Å². The monoisotopic (exact) mass is 215 g/mol. The molecule has 0 aromatic carbocycles. The van der Waals surface area contributed by atoms with Gasteiger partial charge in [-0.1, -0.05) is 6.58 Å². The normalized spacial score (nSPS) is 8.67. The Morgan fingerprint density at radius 2 is 1.40 bits per heavy atom. The molecule has 0 aliphatic carbocycles. The quantitative estimate of drug-likeness (QED) is 0.645. The second-order valence-electron chi connectivity index (χ2n) is 2.45. The van der Waals surface area contributed by atoms with E-state index in [0.717, 1.165) is 0 Å². The molecule has 6 nitrogen and oxygen atoms in total. The van der Waals surface area contributed by atoms with E-state index in [9.17, 15) is 14.4 Å². The van der Waals surface area contributed by atoms with Gasteiger partial charge in [-0.2, -0.15) is 0 Å². The van der Waals surface area contributed by atoms with Gasteiger partial charge < -0.3 is 15.1 Å². The minimum absolute atomic E-state index is 0.0556. The van der Waals surface area contributed by atoms with Crippen molar-refractivity contribution in [1.29, 1.82) is 0 Å². The fraction of sp³-hybridized carbons (Fsp3) is 0.222. The van der Waals surface area contributed by atoms with Crippen molar-refractivity contribution in [3.05, 3.63) is 24.8 Å². The molecule has 0 aliphatic rings. The van der Waals surface area contributed by atoms with Crippen LogP contribution in [0.5, 0.6) is 0 Å². The summed E-state index contributed by atoms with van der Waals surface area (Å²) in [7, 11) is 3.37. The average molecular weight is 215 g/mol. The number of aliphatic carboxylic acids is 2. The van der Waals surface area contributed by atoms with E-state index in [1.54, 1.807) is 14.1 Å². The maximum atomic E-state index is 10.3. The molecule has 2 N–H and O–H groups in total. The zero-order valence-electron chi connectivity index (χ0n) is 8.51. The van der Waals surface area contributed by atoms with Crippen LogP contribution < -0.4 is 0 Å². The van der Waals surface area contributed by atoms with Gasteiger partial charge in [-0.15, -0.1) is 0 Å². The molecule has 0 atom stereocenters. The van der Waals surface area contributed by atoms with E-state index < -0.39 is 11.9 Å². The Morgan fingerprint density at radius 1 is 1.07 bits per heavy atom. The van der Waals surface area contributed by atoms with Crippen LogP contribution in [0.3, 0.4) is 0 Å². The van der Waals surface area contributed by atoms with Crippen molar-refractivity contribution in [2.24, 2.45) is 0 Å². The first-order chi connectivity index (χ1) is 6.81. The summed E-state index contributed by atoms with van der Waals surface area (Å²) >= 11 is 0. The topological polar surface area (TPSA) is 94.9 Å². The smallest absolute Gasteiger partial charge is 0.328 e. The second kappa shape index (κ2) is 8.49. The van der Waals surface area contributed by atoms with E-state index in [-0.39, 0.29) is 5.91 Å². The lowest BCUT2D eigenvalue weighted by molar-refractivity contribution is -0.134. The molecule has 0 aromatic heterocycles. The van der Waals surface area contributed by atoms with Gasteiger partial charge in [-0.25, -0.2) is 9.59 Å². The van der Waals surface area contributed by atoms with Gasteiger partial charge in [0.2, 0.25) is 5.91 Å². The molecule has 1 amide bonds. The number of hydrogen-bond donors (Lipinski definition) is 2. The number of likely N-dealkylation sites (N-methyl/N-ethyl adjacent to an activating group) is 1. The summed E-state index contributed by atoms with van der Waals surface area (Å²) in [5.41, 5.74) is 0. The highest BCUT2D eigenvalue weighted by Gasteiger charge is 1.91. The lowest BCUT2D eigenvalue weighted by Crippen LogP contribution is -2.18. The Bertz CT molecular complexity index is 264. The van der Waals surface area contributed by atoms with E-state index in [1.807, 2.05) is 0 Å². The Labute approximate surface area is 87.1 Å². The van der Waals surface area contributed by atoms with Crippen molar-refractivity contribution >= 4 is 17.8 Å². The summed E-state index contributed by atoms with van der Waals surface area (Å²) < 4.78 is 0. The lowest BCUT2D eigenvalue weighted by Gasteiger charge is -2.03. The van der Waals surface area contributed by atoms with Gasteiger partial charge in [-0.3, -0.25) is 4.79 Å². The molecule has 0 saturated heterocycles. The standard InChI is InChI=1S/C5H9NO.C4H4O4/c1-4-5(7)6(2)3;5-3(6)1-2-4(7)8/h4H,1H2,2-3H3;1-2H,(H,5,6)(H,7,8)/b;2-1-. The van der Waals surface area contributed by atoms with Gasteiger partial charge in [0.15, 0.2) is 0 Å².